The molecule has 0 aromatic heterocycles. The van der Waals surface area contributed by atoms with Crippen LogP contribution in [0.3, 0.4) is 0 Å². The molecule has 112 valence electrons. The lowest BCUT2D eigenvalue weighted by molar-refractivity contribution is 0.126. The molecule has 0 bridgehead atoms. The SMILES string of the molecule is CCOc1ccc(CN2CCN(CCCN)CC2)cc1. The topological polar surface area (TPSA) is 41.7 Å². The molecule has 1 aliphatic rings. The van der Waals surface area contributed by atoms with E-state index >= 15 is 0 Å². The molecule has 1 aliphatic heterocycles. The normalized spacial score (nSPS) is 17.3. The van der Waals surface area contributed by atoms with E-state index in [0.717, 1.165) is 64.6 Å². The van der Waals surface area contributed by atoms with Gasteiger partial charge in [0.25, 0.3) is 0 Å². The summed E-state index contributed by atoms with van der Waals surface area (Å²) in [5.74, 6) is 0.961. The van der Waals surface area contributed by atoms with Crippen LogP contribution in [0.5, 0.6) is 5.75 Å². The second kappa shape index (κ2) is 8.25. The van der Waals surface area contributed by atoms with E-state index < -0.39 is 0 Å². The van der Waals surface area contributed by atoms with Gasteiger partial charge in [-0.15, -0.1) is 0 Å². The molecule has 2 rings (SSSR count). The molecule has 1 aromatic carbocycles. The van der Waals surface area contributed by atoms with Crippen molar-refractivity contribution in [2.45, 2.75) is 19.9 Å². The van der Waals surface area contributed by atoms with Crippen molar-refractivity contribution in [3.8, 4) is 5.75 Å². The summed E-state index contributed by atoms with van der Waals surface area (Å²) in [6.45, 7) is 10.3. The third kappa shape index (κ3) is 4.78. The van der Waals surface area contributed by atoms with Crippen LogP contribution in [-0.2, 0) is 6.54 Å². The second-order valence-electron chi connectivity index (χ2n) is 5.34. The summed E-state index contributed by atoms with van der Waals surface area (Å²) in [5.41, 5.74) is 6.93. The van der Waals surface area contributed by atoms with Gasteiger partial charge in [-0.05, 0) is 44.1 Å². The largest absolute Gasteiger partial charge is 0.494 e. The summed E-state index contributed by atoms with van der Waals surface area (Å²) in [6, 6.07) is 8.48. The molecule has 0 amide bonds. The van der Waals surface area contributed by atoms with Crippen LogP contribution in [-0.4, -0.2) is 55.7 Å². The lowest BCUT2D eigenvalue weighted by Gasteiger charge is -2.34. The molecule has 0 unspecified atom stereocenters. The Morgan fingerprint density at radius 1 is 1.05 bits per heavy atom. The third-order valence-electron chi connectivity index (χ3n) is 3.78. The first kappa shape index (κ1) is 15.3. The van der Waals surface area contributed by atoms with E-state index in [4.69, 9.17) is 10.5 Å². The summed E-state index contributed by atoms with van der Waals surface area (Å²) in [4.78, 5) is 5.04. The zero-order valence-electron chi connectivity index (χ0n) is 12.6. The Hall–Kier alpha value is -1.10. The fourth-order valence-corrected chi connectivity index (χ4v) is 2.60. The molecule has 0 spiro atoms. The molecule has 0 atom stereocenters. The van der Waals surface area contributed by atoms with Crippen molar-refractivity contribution in [2.75, 3.05) is 45.9 Å². The van der Waals surface area contributed by atoms with E-state index in [1.54, 1.807) is 0 Å². The Balaban J connectivity index is 1.74. The lowest BCUT2D eigenvalue weighted by atomic mass is 10.2. The predicted octanol–water partition coefficient (Wildman–Crippen LogP) is 1.55. The summed E-state index contributed by atoms with van der Waals surface area (Å²) in [7, 11) is 0. The van der Waals surface area contributed by atoms with Gasteiger partial charge in [-0.25, -0.2) is 0 Å². The summed E-state index contributed by atoms with van der Waals surface area (Å²) in [6.07, 6.45) is 1.11. The molecule has 0 saturated carbocycles. The average molecular weight is 277 g/mol. The highest BCUT2D eigenvalue weighted by molar-refractivity contribution is 5.27. The van der Waals surface area contributed by atoms with Crippen molar-refractivity contribution in [1.82, 2.24) is 9.80 Å². The maximum atomic E-state index is 5.56. The van der Waals surface area contributed by atoms with Gasteiger partial charge in [-0.2, -0.15) is 0 Å². The molecule has 0 aliphatic carbocycles. The Labute approximate surface area is 122 Å². The summed E-state index contributed by atoms with van der Waals surface area (Å²) < 4.78 is 5.47. The number of nitrogens with zero attached hydrogens (tertiary/aromatic N) is 2. The minimum absolute atomic E-state index is 0.726. The number of hydrogen-bond acceptors (Lipinski definition) is 4. The van der Waals surface area contributed by atoms with Gasteiger partial charge >= 0.3 is 0 Å². The molecular formula is C16H27N3O. The van der Waals surface area contributed by atoms with Gasteiger partial charge in [0.2, 0.25) is 0 Å². The van der Waals surface area contributed by atoms with Crippen LogP contribution in [0.15, 0.2) is 24.3 Å². The predicted molar refractivity (Wildman–Crippen MR) is 83.0 cm³/mol. The van der Waals surface area contributed by atoms with Crippen molar-refractivity contribution in [3.63, 3.8) is 0 Å². The Kier molecular flexibility index (Phi) is 6.30. The monoisotopic (exact) mass is 277 g/mol. The van der Waals surface area contributed by atoms with E-state index in [9.17, 15) is 0 Å². The molecule has 1 fully saturated rings. The van der Waals surface area contributed by atoms with E-state index in [1.165, 1.54) is 5.56 Å². The highest BCUT2D eigenvalue weighted by atomic mass is 16.5. The number of hydrogen-bond donors (Lipinski definition) is 1. The maximum Gasteiger partial charge on any atom is 0.119 e. The first-order valence-corrected chi connectivity index (χ1v) is 7.68. The number of piperazine rings is 1. The van der Waals surface area contributed by atoms with Gasteiger partial charge in [-0.3, -0.25) is 4.90 Å². The molecule has 0 radical (unpaired) electrons. The molecule has 1 saturated heterocycles. The van der Waals surface area contributed by atoms with Crippen LogP contribution in [0.1, 0.15) is 18.9 Å². The highest BCUT2D eigenvalue weighted by Gasteiger charge is 2.16. The summed E-state index contributed by atoms with van der Waals surface area (Å²) in [5, 5.41) is 0. The second-order valence-corrected chi connectivity index (χ2v) is 5.34. The molecule has 4 heteroatoms. The minimum Gasteiger partial charge on any atom is -0.494 e. The average Bonchev–Trinajstić information content (AvgIpc) is 2.49. The van der Waals surface area contributed by atoms with Crippen LogP contribution in [0, 0.1) is 0 Å². The van der Waals surface area contributed by atoms with Crippen molar-refractivity contribution in [3.05, 3.63) is 29.8 Å². The van der Waals surface area contributed by atoms with Crippen LogP contribution in [0.25, 0.3) is 0 Å². The van der Waals surface area contributed by atoms with Gasteiger partial charge in [0.05, 0.1) is 6.61 Å². The highest BCUT2D eigenvalue weighted by Crippen LogP contribution is 2.14. The maximum absolute atomic E-state index is 5.56. The molecule has 4 nitrogen and oxygen atoms in total. The van der Waals surface area contributed by atoms with Crippen molar-refractivity contribution in [1.29, 1.82) is 0 Å². The fourth-order valence-electron chi connectivity index (χ4n) is 2.60. The summed E-state index contributed by atoms with van der Waals surface area (Å²) >= 11 is 0. The fraction of sp³-hybridized carbons (Fsp3) is 0.625. The molecule has 20 heavy (non-hydrogen) atoms. The Morgan fingerprint density at radius 3 is 2.30 bits per heavy atom. The van der Waals surface area contributed by atoms with Gasteiger partial charge in [0.15, 0.2) is 0 Å². The van der Waals surface area contributed by atoms with Crippen LogP contribution >= 0.6 is 0 Å². The molecule has 2 N–H and O–H groups in total. The molecular weight excluding hydrogens is 250 g/mol. The quantitative estimate of drug-likeness (QED) is 0.821. The van der Waals surface area contributed by atoms with Crippen molar-refractivity contribution < 1.29 is 4.74 Å². The standard InChI is InChI=1S/C16H27N3O/c1-2-20-16-6-4-15(5-7-16)14-19-12-10-18(11-13-19)9-3-8-17/h4-7H,2-3,8-14,17H2,1H3. The van der Waals surface area contributed by atoms with E-state index in [2.05, 4.69) is 34.1 Å². The van der Waals surface area contributed by atoms with Crippen molar-refractivity contribution >= 4 is 0 Å². The first-order chi connectivity index (χ1) is 9.81. The zero-order chi connectivity index (χ0) is 14.2. The van der Waals surface area contributed by atoms with Gasteiger partial charge in [-0.1, -0.05) is 12.1 Å². The molecule has 1 aromatic rings. The minimum atomic E-state index is 0.726. The number of ether oxygens (including phenoxy) is 1. The number of nitrogens with two attached hydrogens (primary N) is 1. The van der Waals surface area contributed by atoms with Crippen molar-refractivity contribution in [2.24, 2.45) is 5.73 Å². The first-order valence-electron chi connectivity index (χ1n) is 7.68. The third-order valence-corrected chi connectivity index (χ3v) is 3.78. The lowest BCUT2D eigenvalue weighted by Crippen LogP contribution is -2.46. The van der Waals surface area contributed by atoms with Gasteiger partial charge < -0.3 is 15.4 Å². The smallest absolute Gasteiger partial charge is 0.119 e. The Bertz CT molecular complexity index is 372. The van der Waals surface area contributed by atoms with E-state index in [0.29, 0.717) is 0 Å². The van der Waals surface area contributed by atoms with Crippen LogP contribution in [0.2, 0.25) is 0 Å². The zero-order valence-corrected chi connectivity index (χ0v) is 12.6. The Morgan fingerprint density at radius 2 is 1.70 bits per heavy atom. The number of rotatable bonds is 7. The van der Waals surface area contributed by atoms with Crippen LogP contribution < -0.4 is 10.5 Å². The van der Waals surface area contributed by atoms with E-state index in [1.807, 2.05) is 6.92 Å². The number of benzene rings is 1. The van der Waals surface area contributed by atoms with Gasteiger partial charge in [0, 0.05) is 32.7 Å². The van der Waals surface area contributed by atoms with Gasteiger partial charge in [0.1, 0.15) is 5.75 Å². The van der Waals surface area contributed by atoms with Crippen LogP contribution in [0.4, 0.5) is 0 Å². The van der Waals surface area contributed by atoms with E-state index in [-0.39, 0.29) is 0 Å². The molecule has 1 heterocycles.